The van der Waals surface area contributed by atoms with Crippen LogP contribution in [0.5, 0.6) is 0 Å². The highest BCUT2D eigenvalue weighted by molar-refractivity contribution is 5.95. The molecule has 3 heterocycles. The van der Waals surface area contributed by atoms with Gasteiger partial charge in [-0.3, -0.25) is 9.48 Å². The third kappa shape index (κ3) is 4.43. The monoisotopic (exact) mass is 409 g/mol. The summed E-state index contributed by atoms with van der Waals surface area (Å²) in [6, 6.07) is 9.70. The van der Waals surface area contributed by atoms with Gasteiger partial charge in [-0.05, 0) is 38.8 Å². The first-order chi connectivity index (χ1) is 14.7. The van der Waals surface area contributed by atoms with E-state index in [9.17, 15) is 4.79 Å². The molecular formula is C22H27N5O3. The number of likely N-dealkylation sites (tertiary alicyclic amines) is 1. The summed E-state index contributed by atoms with van der Waals surface area (Å²) in [6.45, 7) is 6.56. The molecule has 0 spiro atoms. The third-order valence-corrected chi connectivity index (χ3v) is 5.47. The van der Waals surface area contributed by atoms with Crippen LogP contribution >= 0.6 is 0 Å². The summed E-state index contributed by atoms with van der Waals surface area (Å²) in [5, 5.41) is 8.33. The molecule has 1 aliphatic rings. The topological polar surface area (TPSA) is 86.3 Å². The highest BCUT2D eigenvalue weighted by Gasteiger charge is 2.27. The van der Waals surface area contributed by atoms with Gasteiger partial charge in [0.1, 0.15) is 0 Å². The Kier molecular flexibility index (Phi) is 6.23. The summed E-state index contributed by atoms with van der Waals surface area (Å²) in [6.07, 6.45) is 4.13. The fourth-order valence-electron chi connectivity index (χ4n) is 3.77. The third-order valence-electron chi connectivity index (χ3n) is 5.47. The number of rotatable bonds is 7. The minimum absolute atomic E-state index is 0.0183. The number of ether oxygens (including phenoxy) is 1. The molecule has 30 heavy (non-hydrogen) atoms. The van der Waals surface area contributed by atoms with E-state index in [0.29, 0.717) is 36.9 Å². The number of carbonyl (C=O) groups is 1. The smallest absolute Gasteiger partial charge is 0.257 e. The van der Waals surface area contributed by atoms with E-state index in [1.807, 2.05) is 53.8 Å². The van der Waals surface area contributed by atoms with Gasteiger partial charge in [0.15, 0.2) is 5.82 Å². The fraction of sp³-hybridized carbons (Fsp3) is 0.455. The molecule has 0 aliphatic carbocycles. The van der Waals surface area contributed by atoms with Crippen LogP contribution in [-0.4, -0.2) is 56.5 Å². The van der Waals surface area contributed by atoms with Gasteiger partial charge in [0.2, 0.25) is 0 Å². The van der Waals surface area contributed by atoms with E-state index in [0.717, 1.165) is 37.2 Å². The maximum atomic E-state index is 12.9. The quantitative estimate of drug-likeness (QED) is 0.596. The van der Waals surface area contributed by atoms with E-state index in [1.54, 1.807) is 6.20 Å². The first-order valence-corrected chi connectivity index (χ1v) is 10.5. The number of nitrogens with zero attached hydrogens (tertiary/aromatic N) is 5. The second-order valence-electron chi connectivity index (χ2n) is 7.48. The summed E-state index contributed by atoms with van der Waals surface area (Å²) >= 11 is 0. The Balaban J connectivity index is 1.29. The molecular weight excluding hydrogens is 382 g/mol. The van der Waals surface area contributed by atoms with Crippen LogP contribution in [0.1, 0.15) is 41.6 Å². The van der Waals surface area contributed by atoms with E-state index in [4.69, 9.17) is 9.26 Å². The summed E-state index contributed by atoms with van der Waals surface area (Å²) in [5.74, 6) is 1.18. The van der Waals surface area contributed by atoms with Crippen molar-refractivity contribution in [2.75, 3.05) is 19.7 Å². The fourth-order valence-corrected chi connectivity index (χ4v) is 3.77. The first-order valence-electron chi connectivity index (χ1n) is 10.5. The lowest BCUT2D eigenvalue weighted by atomic mass is 10.1. The van der Waals surface area contributed by atoms with Crippen molar-refractivity contribution in [2.45, 2.75) is 45.8 Å². The highest BCUT2D eigenvalue weighted by atomic mass is 16.5. The summed E-state index contributed by atoms with van der Waals surface area (Å²) in [4.78, 5) is 19.2. The van der Waals surface area contributed by atoms with E-state index in [-0.39, 0.29) is 12.0 Å². The van der Waals surface area contributed by atoms with Crippen molar-refractivity contribution in [3.05, 3.63) is 53.6 Å². The zero-order chi connectivity index (χ0) is 20.9. The van der Waals surface area contributed by atoms with Crippen molar-refractivity contribution in [3.63, 3.8) is 0 Å². The minimum atomic E-state index is 0.0183. The predicted octanol–water partition coefficient (Wildman–Crippen LogP) is 3.13. The van der Waals surface area contributed by atoms with Crippen LogP contribution in [0.2, 0.25) is 0 Å². The Labute approximate surface area is 175 Å². The van der Waals surface area contributed by atoms with Crippen LogP contribution in [-0.2, 0) is 17.7 Å². The van der Waals surface area contributed by atoms with E-state index in [2.05, 4.69) is 15.2 Å². The lowest BCUT2D eigenvalue weighted by Gasteiger charge is -2.32. The molecule has 2 aromatic heterocycles. The molecule has 4 rings (SSSR count). The predicted molar refractivity (Wildman–Crippen MR) is 111 cm³/mol. The molecule has 3 aromatic rings. The maximum Gasteiger partial charge on any atom is 0.257 e. The molecule has 1 fully saturated rings. The molecule has 0 saturated carbocycles. The van der Waals surface area contributed by atoms with Crippen molar-refractivity contribution in [2.24, 2.45) is 0 Å². The Morgan fingerprint density at radius 3 is 2.90 bits per heavy atom. The van der Waals surface area contributed by atoms with Gasteiger partial charge in [-0.15, -0.1) is 0 Å². The van der Waals surface area contributed by atoms with Crippen LogP contribution in [0, 0.1) is 6.92 Å². The molecule has 8 heteroatoms. The van der Waals surface area contributed by atoms with Crippen LogP contribution in [0.25, 0.3) is 11.5 Å². The van der Waals surface area contributed by atoms with Crippen molar-refractivity contribution in [3.8, 4) is 11.5 Å². The molecule has 0 N–H and O–H groups in total. The number of aryl methyl sites for hydroxylation is 1. The zero-order valence-electron chi connectivity index (χ0n) is 17.5. The van der Waals surface area contributed by atoms with Crippen LogP contribution < -0.4 is 0 Å². The van der Waals surface area contributed by atoms with Crippen LogP contribution in [0.15, 0.2) is 41.1 Å². The van der Waals surface area contributed by atoms with Crippen molar-refractivity contribution >= 4 is 5.91 Å². The van der Waals surface area contributed by atoms with E-state index in [1.165, 1.54) is 0 Å². The van der Waals surface area contributed by atoms with Crippen molar-refractivity contribution in [1.82, 2.24) is 24.8 Å². The summed E-state index contributed by atoms with van der Waals surface area (Å²) in [7, 11) is 0. The Morgan fingerprint density at radius 2 is 2.13 bits per heavy atom. The molecule has 1 aromatic carbocycles. The van der Waals surface area contributed by atoms with Gasteiger partial charge >= 0.3 is 0 Å². The number of hydrogen-bond acceptors (Lipinski definition) is 6. The molecule has 1 atom stereocenters. The molecule has 1 aliphatic heterocycles. The van der Waals surface area contributed by atoms with Gasteiger partial charge in [-0.2, -0.15) is 10.1 Å². The molecule has 1 saturated heterocycles. The number of hydrogen-bond donors (Lipinski definition) is 0. The summed E-state index contributed by atoms with van der Waals surface area (Å²) in [5.41, 5.74) is 2.50. The Morgan fingerprint density at radius 1 is 1.30 bits per heavy atom. The minimum Gasteiger partial charge on any atom is -0.376 e. The number of piperidine rings is 1. The number of amides is 1. The van der Waals surface area contributed by atoms with Gasteiger partial charge in [-0.1, -0.05) is 23.4 Å². The van der Waals surface area contributed by atoms with Gasteiger partial charge in [-0.25, -0.2) is 0 Å². The first kappa shape index (κ1) is 20.3. The van der Waals surface area contributed by atoms with Crippen molar-refractivity contribution < 1.29 is 14.1 Å². The SMILES string of the molecule is CCn1ncc(C(=O)N2CCCC(OCCc3noc(-c4ccccc4)n3)C2)c1C. The van der Waals surface area contributed by atoms with Gasteiger partial charge < -0.3 is 14.2 Å². The van der Waals surface area contributed by atoms with Gasteiger partial charge in [0.05, 0.1) is 24.5 Å². The standard InChI is InChI=1S/C22H27N5O3/c1-3-27-16(2)19(14-23-27)22(28)26-12-7-10-18(15-26)29-13-11-20-24-21(30-25-20)17-8-5-4-6-9-17/h4-6,8-9,14,18H,3,7,10-13,15H2,1-2H3. The number of aromatic nitrogens is 4. The van der Waals surface area contributed by atoms with E-state index < -0.39 is 0 Å². The van der Waals surface area contributed by atoms with Gasteiger partial charge in [0, 0.05) is 37.3 Å². The summed E-state index contributed by atoms with van der Waals surface area (Å²) < 4.78 is 13.2. The van der Waals surface area contributed by atoms with Crippen LogP contribution in [0.4, 0.5) is 0 Å². The molecule has 0 bridgehead atoms. The Hall–Kier alpha value is -3.00. The zero-order valence-corrected chi connectivity index (χ0v) is 17.5. The molecule has 1 unspecified atom stereocenters. The molecule has 1 amide bonds. The highest BCUT2D eigenvalue weighted by Crippen LogP contribution is 2.19. The second-order valence-corrected chi connectivity index (χ2v) is 7.48. The molecule has 158 valence electrons. The molecule has 0 radical (unpaired) electrons. The average molecular weight is 409 g/mol. The number of benzene rings is 1. The molecule has 8 nitrogen and oxygen atoms in total. The average Bonchev–Trinajstić information content (AvgIpc) is 3.40. The largest absolute Gasteiger partial charge is 0.376 e. The second kappa shape index (κ2) is 9.21. The maximum absolute atomic E-state index is 12.9. The normalized spacial score (nSPS) is 16.7. The van der Waals surface area contributed by atoms with E-state index >= 15 is 0 Å². The van der Waals surface area contributed by atoms with Crippen LogP contribution in [0.3, 0.4) is 0 Å². The lowest BCUT2D eigenvalue weighted by Crippen LogP contribution is -2.43. The van der Waals surface area contributed by atoms with Crippen molar-refractivity contribution in [1.29, 1.82) is 0 Å². The number of carbonyl (C=O) groups excluding carboxylic acids is 1. The van der Waals surface area contributed by atoms with Gasteiger partial charge in [0.25, 0.3) is 11.8 Å². The lowest BCUT2D eigenvalue weighted by molar-refractivity contribution is 0.00248. The Bertz CT molecular complexity index is 982.